The van der Waals surface area contributed by atoms with Gasteiger partial charge in [0, 0.05) is 6.92 Å². The summed E-state index contributed by atoms with van der Waals surface area (Å²) in [5.74, 6) is -3.38. The Balaban J connectivity index is 2.42. The highest BCUT2D eigenvalue weighted by Crippen LogP contribution is 2.41. The fourth-order valence-electron chi connectivity index (χ4n) is 2.71. The van der Waals surface area contributed by atoms with Crippen molar-refractivity contribution in [1.29, 1.82) is 0 Å². The molecule has 0 amide bonds. The molecule has 4 atom stereocenters. The normalized spacial score (nSPS) is 37.8. The lowest BCUT2D eigenvalue weighted by molar-refractivity contribution is -0.212. The van der Waals surface area contributed by atoms with Crippen molar-refractivity contribution in [1.82, 2.24) is 0 Å². The Morgan fingerprint density at radius 3 is 2.48 bits per heavy atom. The molecule has 1 saturated heterocycles. The molecular formula is C13H18O8. The summed E-state index contributed by atoms with van der Waals surface area (Å²) in [4.78, 5) is 35.3. The van der Waals surface area contributed by atoms with Gasteiger partial charge in [-0.3, -0.25) is 9.59 Å². The standard InChI is InChI=1S/C13H18O8/c1-6(14)19-10-9-8(20-12(2,3)21-9)7(15)5-13(10,17)11(16)18-4/h8-10,17H,5H2,1-4H3/t8-,9-,10+,13-/m0/s1. The summed E-state index contributed by atoms with van der Waals surface area (Å²) in [5.41, 5.74) is -2.29. The van der Waals surface area contributed by atoms with Crippen molar-refractivity contribution in [3.8, 4) is 0 Å². The molecular weight excluding hydrogens is 284 g/mol. The lowest BCUT2D eigenvalue weighted by Gasteiger charge is -2.40. The van der Waals surface area contributed by atoms with Crippen LogP contribution in [0.5, 0.6) is 0 Å². The van der Waals surface area contributed by atoms with E-state index in [1.54, 1.807) is 13.8 Å². The third-order valence-corrected chi connectivity index (χ3v) is 3.49. The minimum Gasteiger partial charge on any atom is -0.467 e. The summed E-state index contributed by atoms with van der Waals surface area (Å²) in [6.45, 7) is 4.30. The van der Waals surface area contributed by atoms with Crippen molar-refractivity contribution in [2.24, 2.45) is 0 Å². The van der Waals surface area contributed by atoms with E-state index in [-0.39, 0.29) is 0 Å². The number of ether oxygens (including phenoxy) is 4. The number of rotatable bonds is 2. The molecule has 2 rings (SSSR count). The number of methoxy groups -OCH3 is 1. The first kappa shape index (κ1) is 15.9. The topological polar surface area (TPSA) is 108 Å². The highest BCUT2D eigenvalue weighted by Gasteiger charge is 2.64. The van der Waals surface area contributed by atoms with Gasteiger partial charge in [0.2, 0.25) is 5.60 Å². The van der Waals surface area contributed by atoms with Crippen LogP contribution in [0.1, 0.15) is 27.2 Å². The van der Waals surface area contributed by atoms with Crippen LogP contribution in [0, 0.1) is 0 Å². The summed E-state index contributed by atoms with van der Waals surface area (Å²) in [7, 11) is 1.07. The van der Waals surface area contributed by atoms with Crippen LogP contribution in [0.4, 0.5) is 0 Å². The fourth-order valence-corrected chi connectivity index (χ4v) is 2.71. The van der Waals surface area contributed by atoms with E-state index < -0.39 is 53.8 Å². The predicted molar refractivity (Wildman–Crippen MR) is 66.0 cm³/mol. The van der Waals surface area contributed by atoms with Gasteiger partial charge in [0.05, 0.1) is 13.5 Å². The summed E-state index contributed by atoms with van der Waals surface area (Å²) in [5, 5.41) is 10.5. The van der Waals surface area contributed by atoms with Crippen LogP contribution in [-0.4, -0.2) is 59.6 Å². The van der Waals surface area contributed by atoms with E-state index in [1.807, 2.05) is 0 Å². The predicted octanol–water partition coefficient (Wildman–Crippen LogP) is -0.685. The van der Waals surface area contributed by atoms with Gasteiger partial charge in [0.15, 0.2) is 17.7 Å². The molecule has 0 unspecified atom stereocenters. The molecule has 0 radical (unpaired) electrons. The number of Topliss-reactive ketones (excluding diaryl/α,β-unsaturated/α-hetero) is 1. The van der Waals surface area contributed by atoms with E-state index in [9.17, 15) is 19.5 Å². The highest BCUT2D eigenvalue weighted by atomic mass is 16.8. The Hall–Kier alpha value is -1.51. The van der Waals surface area contributed by atoms with Gasteiger partial charge in [-0.2, -0.15) is 0 Å². The summed E-state index contributed by atoms with van der Waals surface area (Å²) in [6.07, 6.45) is -4.03. The molecule has 8 nitrogen and oxygen atoms in total. The Bertz CT molecular complexity index is 485. The van der Waals surface area contributed by atoms with Crippen LogP contribution in [0.2, 0.25) is 0 Å². The Morgan fingerprint density at radius 2 is 1.95 bits per heavy atom. The second-order valence-corrected chi connectivity index (χ2v) is 5.61. The average molecular weight is 302 g/mol. The van der Waals surface area contributed by atoms with Gasteiger partial charge in [-0.05, 0) is 13.8 Å². The van der Waals surface area contributed by atoms with Gasteiger partial charge in [0.25, 0.3) is 0 Å². The lowest BCUT2D eigenvalue weighted by Crippen LogP contribution is -2.65. The maximum absolute atomic E-state index is 12.1. The van der Waals surface area contributed by atoms with E-state index in [1.165, 1.54) is 0 Å². The van der Waals surface area contributed by atoms with Crippen molar-refractivity contribution in [3.05, 3.63) is 0 Å². The number of fused-ring (bicyclic) bond motifs is 1. The largest absolute Gasteiger partial charge is 0.467 e. The van der Waals surface area contributed by atoms with Gasteiger partial charge in [0.1, 0.15) is 12.2 Å². The van der Waals surface area contributed by atoms with Crippen molar-refractivity contribution < 1.29 is 38.4 Å². The minimum atomic E-state index is -2.29. The molecule has 8 heteroatoms. The van der Waals surface area contributed by atoms with Gasteiger partial charge >= 0.3 is 11.9 Å². The van der Waals surface area contributed by atoms with Crippen molar-refractivity contribution in [3.63, 3.8) is 0 Å². The van der Waals surface area contributed by atoms with E-state index in [2.05, 4.69) is 4.74 Å². The maximum Gasteiger partial charge on any atom is 0.342 e. The van der Waals surface area contributed by atoms with E-state index in [4.69, 9.17) is 14.2 Å². The monoisotopic (exact) mass is 302 g/mol. The number of hydrogen-bond donors (Lipinski definition) is 1. The van der Waals surface area contributed by atoms with E-state index >= 15 is 0 Å². The molecule has 1 aliphatic carbocycles. The molecule has 2 fully saturated rings. The molecule has 0 spiro atoms. The summed E-state index contributed by atoms with van der Waals surface area (Å²) < 4.78 is 20.6. The molecule has 0 aromatic rings. The van der Waals surface area contributed by atoms with Crippen molar-refractivity contribution in [2.45, 2.75) is 56.9 Å². The number of carbonyl (C=O) groups is 3. The molecule has 1 saturated carbocycles. The van der Waals surface area contributed by atoms with E-state index in [0.717, 1.165) is 14.0 Å². The van der Waals surface area contributed by atoms with Crippen LogP contribution in [-0.2, 0) is 33.3 Å². The van der Waals surface area contributed by atoms with Crippen LogP contribution < -0.4 is 0 Å². The summed E-state index contributed by atoms with van der Waals surface area (Å²) >= 11 is 0. The second-order valence-electron chi connectivity index (χ2n) is 5.61. The number of aliphatic hydroxyl groups is 1. The zero-order valence-electron chi connectivity index (χ0n) is 12.2. The first-order valence-electron chi connectivity index (χ1n) is 6.47. The molecule has 0 bridgehead atoms. The van der Waals surface area contributed by atoms with Crippen LogP contribution in [0.25, 0.3) is 0 Å². The SMILES string of the molecule is COC(=O)[C@]1(O)CC(=O)[C@@H]2OC(C)(C)O[C@@H]2[C@H]1OC(C)=O. The molecule has 118 valence electrons. The quantitative estimate of drug-likeness (QED) is 0.668. The van der Waals surface area contributed by atoms with Gasteiger partial charge in [-0.25, -0.2) is 4.79 Å². The van der Waals surface area contributed by atoms with Crippen molar-refractivity contribution in [2.75, 3.05) is 7.11 Å². The Labute approximate surface area is 121 Å². The molecule has 2 aliphatic rings. The Morgan fingerprint density at radius 1 is 1.33 bits per heavy atom. The third-order valence-electron chi connectivity index (χ3n) is 3.49. The maximum atomic E-state index is 12.1. The number of hydrogen-bond acceptors (Lipinski definition) is 8. The van der Waals surface area contributed by atoms with Crippen LogP contribution in [0.3, 0.4) is 0 Å². The summed E-state index contributed by atoms with van der Waals surface area (Å²) in [6, 6.07) is 0. The van der Waals surface area contributed by atoms with Crippen LogP contribution in [0.15, 0.2) is 0 Å². The minimum absolute atomic E-state index is 0.512. The zero-order valence-corrected chi connectivity index (χ0v) is 12.2. The fraction of sp³-hybridized carbons (Fsp3) is 0.769. The number of esters is 2. The molecule has 1 N–H and O–H groups in total. The molecule has 1 heterocycles. The van der Waals surface area contributed by atoms with Crippen LogP contribution >= 0.6 is 0 Å². The molecule has 21 heavy (non-hydrogen) atoms. The first-order valence-corrected chi connectivity index (χ1v) is 6.47. The van der Waals surface area contributed by atoms with Gasteiger partial charge in [-0.1, -0.05) is 0 Å². The van der Waals surface area contributed by atoms with Gasteiger partial charge in [-0.15, -0.1) is 0 Å². The Kier molecular flexibility index (Phi) is 3.81. The highest BCUT2D eigenvalue weighted by molar-refractivity contribution is 5.94. The zero-order chi connectivity index (χ0) is 16.0. The molecule has 0 aromatic carbocycles. The molecule has 0 aromatic heterocycles. The van der Waals surface area contributed by atoms with Gasteiger partial charge < -0.3 is 24.1 Å². The number of ketones is 1. The smallest absolute Gasteiger partial charge is 0.342 e. The average Bonchev–Trinajstić information content (AvgIpc) is 2.69. The number of carbonyl (C=O) groups excluding carboxylic acids is 3. The first-order chi connectivity index (χ1) is 9.60. The second kappa shape index (κ2) is 5.04. The van der Waals surface area contributed by atoms with Crippen molar-refractivity contribution >= 4 is 17.7 Å². The van der Waals surface area contributed by atoms with E-state index in [0.29, 0.717) is 0 Å². The third kappa shape index (κ3) is 2.66. The lowest BCUT2D eigenvalue weighted by atomic mass is 9.78. The molecule has 1 aliphatic heterocycles.